The average molecular weight is 258 g/mol. The molecule has 0 aliphatic heterocycles. The summed E-state index contributed by atoms with van der Waals surface area (Å²) in [5.74, 6) is 0. The summed E-state index contributed by atoms with van der Waals surface area (Å²) in [5.41, 5.74) is 3.65. The molecule has 3 nitrogen and oxygen atoms in total. The highest BCUT2D eigenvalue weighted by molar-refractivity contribution is 5.45. The van der Waals surface area contributed by atoms with Crippen molar-refractivity contribution in [2.45, 2.75) is 33.0 Å². The molecule has 0 radical (unpaired) electrons. The lowest BCUT2D eigenvalue weighted by molar-refractivity contribution is 0.185. The van der Waals surface area contributed by atoms with Crippen LogP contribution in [0.25, 0.3) is 0 Å². The van der Waals surface area contributed by atoms with Crippen molar-refractivity contribution in [3.63, 3.8) is 0 Å². The van der Waals surface area contributed by atoms with Gasteiger partial charge in [0.05, 0.1) is 13.2 Å². The van der Waals surface area contributed by atoms with Crippen LogP contribution in [0.5, 0.6) is 0 Å². The largest absolute Gasteiger partial charge is 0.380 e. The van der Waals surface area contributed by atoms with Gasteiger partial charge in [0.15, 0.2) is 0 Å². The average Bonchev–Trinajstić information content (AvgIpc) is 2.85. The summed E-state index contributed by atoms with van der Waals surface area (Å²) in [7, 11) is 1.72. The standard InChI is InChI=1S/C16H22N2O/c1-3-9-18-10-5-8-16(18)12-17-15-7-4-6-14(11-15)13-19-2/h4-8,10-11,17H,3,9,12-13H2,1-2H3. The van der Waals surface area contributed by atoms with E-state index < -0.39 is 0 Å². The lowest BCUT2D eigenvalue weighted by Gasteiger charge is -2.11. The van der Waals surface area contributed by atoms with Gasteiger partial charge in [-0.05, 0) is 36.2 Å². The van der Waals surface area contributed by atoms with Gasteiger partial charge in [-0.25, -0.2) is 0 Å². The Balaban J connectivity index is 1.97. The van der Waals surface area contributed by atoms with Crippen LogP contribution in [0.1, 0.15) is 24.6 Å². The second-order valence-corrected chi connectivity index (χ2v) is 4.68. The lowest BCUT2D eigenvalue weighted by Crippen LogP contribution is -2.07. The van der Waals surface area contributed by atoms with Crippen molar-refractivity contribution < 1.29 is 4.74 Å². The number of aryl methyl sites for hydroxylation is 1. The van der Waals surface area contributed by atoms with Gasteiger partial charge in [0.2, 0.25) is 0 Å². The number of benzene rings is 1. The molecule has 0 unspecified atom stereocenters. The van der Waals surface area contributed by atoms with E-state index >= 15 is 0 Å². The molecular formula is C16H22N2O. The van der Waals surface area contributed by atoms with Gasteiger partial charge in [-0.15, -0.1) is 0 Å². The Kier molecular flexibility index (Phi) is 5.04. The van der Waals surface area contributed by atoms with Crippen molar-refractivity contribution in [3.8, 4) is 0 Å². The molecule has 0 aliphatic carbocycles. The van der Waals surface area contributed by atoms with Crippen LogP contribution in [0.2, 0.25) is 0 Å². The fourth-order valence-corrected chi connectivity index (χ4v) is 2.20. The first kappa shape index (κ1) is 13.7. The Morgan fingerprint density at radius 1 is 1.21 bits per heavy atom. The normalized spacial score (nSPS) is 10.6. The summed E-state index contributed by atoms with van der Waals surface area (Å²) in [6, 6.07) is 12.6. The van der Waals surface area contributed by atoms with E-state index in [0.29, 0.717) is 6.61 Å². The van der Waals surface area contributed by atoms with E-state index in [9.17, 15) is 0 Å². The predicted molar refractivity (Wildman–Crippen MR) is 79.2 cm³/mol. The summed E-state index contributed by atoms with van der Waals surface area (Å²) in [4.78, 5) is 0. The van der Waals surface area contributed by atoms with Crippen LogP contribution in [-0.2, 0) is 24.4 Å². The molecule has 1 heterocycles. The third-order valence-electron chi connectivity index (χ3n) is 3.10. The Hall–Kier alpha value is -1.74. The number of nitrogens with one attached hydrogen (secondary N) is 1. The molecule has 102 valence electrons. The van der Waals surface area contributed by atoms with Crippen molar-refractivity contribution in [2.24, 2.45) is 0 Å². The number of hydrogen-bond donors (Lipinski definition) is 1. The van der Waals surface area contributed by atoms with Gasteiger partial charge in [0.1, 0.15) is 0 Å². The topological polar surface area (TPSA) is 26.2 Å². The van der Waals surface area contributed by atoms with Crippen LogP contribution >= 0.6 is 0 Å². The van der Waals surface area contributed by atoms with Crippen molar-refractivity contribution in [2.75, 3.05) is 12.4 Å². The van der Waals surface area contributed by atoms with Gasteiger partial charge in [0.25, 0.3) is 0 Å². The molecule has 0 saturated carbocycles. The molecule has 0 aliphatic rings. The highest BCUT2D eigenvalue weighted by atomic mass is 16.5. The Bertz CT molecular complexity index is 505. The second kappa shape index (κ2) is 7.00. The summed E-state index contributed by atoms with van der Waals surface area (Å²) in [6.45, 7) is 4.78. The fraction of sp³-hybridized carbons (Fsp3) is 0.375. The third kappa shape index (κ3) is 3.86. The van der Waals surface area contributed by atoms with Gasteiger partial charge < -0.3 is 14.6 Å². The Morgan fingerprint density at radius 2 is 2.11 bits per heavy atom. The summed E-state index contributed by atoms with van der Waals surface area (Å²) < 4.78 is 7.45. The Labute approximate surface area is 115 Å². The first-order valence-electron chi connectivity index (χ1n) is 6.79. The molecule has 0 spiro atoms. The predicted octanol–water partition coefficient (Wildman–Crippen LogP) is 3.66. The van der Waals surface area contributed by atoms with E-state index in [2.05, 4.69) is 59.4 Å². The molecule has 0 saturated heterocycles. The molecular weight excluding hydrogens is 236 g/mol. The van der Waals surface area contributed by atoms with Crippen LogP contribution in [0.3, 0.4) is 0 Å². The number of methoxy groups -OCH3 is 1. The molecule has 1 aromatic heterocycles. The van der Waals surface area contributed by atoms with Gasteiger partial charge in [-0.1, -0.05) is 19.1 Å². The molecule has 3 heteroatoms. The van der Waals surface area contributed by atoms with Crippen molar-refractivity contribution in [1.29, 1.82) is 0 Å². The zero-order valence-corrected chi connectivity index (χ0v) is 11.7. The number of ether oxygens (including phenoxy) is 1. The molecule has 2 rings (SSSR count). The molecule has 1 N–H and O–H groups in total. The van der Waals surface area contributed by atoms with Crippen molar-refractivity contribution in [1.82, 2.24) is 4.57 Å². The van der Waals surface area contributed by atoms with Gasteiger partial charge in [-0.2, -0.15) is 0 Å². The van der Waals surface area contributed by atoms with Gasteiger partial charge in [-0.3, -0.25) is 0 Å². The summed E-state index contributed by atoms with van der Waals surface area (Å²) in [6.07, 6.45) is 3.30. The first-order valence-corrected chi connectivity index (χ1v) is 6.79. The molecule has 19 heavy (non-hydrogen) atoms. The molecule has 0 atom stereocenters. The van der Waals surface area contributed by atoms with Crippen LogP contribution in [0.15, 0.2) is 42.6 Å². The SMILES string of the molecule is CCCn1cccc1CNc1cccc(COC)c1. The molecule has 2 aromatic rings. The van der Waals surface area contributed by atoms with Crippen LogP contribution in [-0.4, -0.2) is 11.7 Å². The van der Waals surface area contributed by atoms with Gasteiger partial charge >= 0.3 is 0 Å². The van der Waals surface area contributed by atoms with E-state index in [4.69, 9.17) is 4.74 Å². The zero-order chi connectivity index (χ0) is 13.5. The van der Waals surface area contributed by atoms with E-state index in [0.717, 1.165) is 25.2 Å². The fourth-order valence-electron chi connectivity index (χ4n) is 2.20. The van der Waals surface area contributed by atoms with E-state index in [1.54, 1.807) is 7.11 Å². The number of aromatic nitrogens is 1. The monoisotopic (exact) mass is 258 g/mol. The third-order valence-corrected chi connectivity index (χ3v) is 3.10. The van der Waals surface area contributed by atoms with Crippen LogP contribution in [0.4, 0.5) is 5.69 Å². The minimum absolute atomic E-state index is 0.654. The minimum atomic E-state index is 0.654. The van der Waals surface area contributed by atoms with Crippen LogP contribution in [0, 0.1) is 0 Å². The second-order valence-electron chi connectivity index (χ2n) is 4.68. The smallest absolute Gasteiger partial charge is 0.0713 e. The van der Waals surface area contributed by atoms with Crippen molar-refractivity contribution in [3.05, 3.63) is 53.9 Å². The maximum absolute atomic E-state index is 5.15. The Morgan fingerprint density at radius 3 is 2.89 bits per heavy atom. The minimum Gasteiger partial charge on any atom is -0.380 e. The highest BCUT2D eigenvalue weighted by Gasteiger charge is 2.00. The lowest BCUT2D eigenvalue weighted by atomic mass is 10.2. The number of anilines is 1. The first-order chi connectivity index (χ1) is 9.33. The van der Waals surface area contributed by atoms with E-state index in [1.807, 2.05) is 0 Å². The molecule has 1 aromatic carbocycles. The quantitative estimate of drug-likeness (QED) is 0.820. The van der Waals surface area contributed by atoms with Crippen molar-refractivity contribution >= 4 is 5.69 Å². The molecule has 0 bridgehead atoms. The maximum atomic E-state index is 5.15. The maximum Gasteiger partial charge on any atom is 0.0713 e. The van der Waals surface area contributed by atoms with Gasteiger partial charge in [0, 0.05) is 31.2 Å². The summed E-state index contributed by atoms with van der Waals surface area (Å²) in [5, 5.41) is 3.47. The number of hydrogen-bond acceptors (Lipinski definition) is 2. The van der Waals surface area contributed by atoms with E-state index in [1.165, 1.54) is 11.3 Å². The number of rotatable bonds is 7. The molecule has 0 amide bonds. The molecule has 0 fully saturated rings. The van der Waals surface area contributed by atoms with E-state index in [-0.39, 0.29) is 0 Å². The zero-order valence-electron chi connectivity index (χ0n) is 11.7. The summed E-state index contributed by atoms with van der Waals surface area (Å²) >= 11 is 0. The van der Waals surface area contributed by atoms with Crippen LogP contribution < -0.4 is 5.32 Å². The number of nitrogens with zero attached hydrogens (tertiary/aromatic N) is 1. The highest BCUT2D eigenvalue weighted by Crippen LogP contribution is 2.13.